The molecule has 24 heavy (non-hydrogen) atoms. The summed E-state index contributed by atoms with van der Waals surface area (Å²) in [5.41, 5.74) is -0.313. The number of fused-ring (bicyclic) bond motifs is 1. The van der Waals surface area contributed by atoms with Crippen LogP contribution < -0.4 is 11.2 Å². The lowest BCUT2D eigenvalue weighted by Gasteiger charge is -2.35. The number of piperidine rings is 1. The highest BCUT2D eigenvalue weighted by Crippen LogP contribution is 2.19. The molecule has 2 aromatic rings. The molecule has 130 valence electrons. The van der Waals surface area contributed by atoms with Crippen LogP contribution in [0.15, 0.2) is 15.9 Å². The molecule has 0 radical (unpaired) electrons. The van der Waals surface area contributed by atoms with Gasteiger partial charge in [-0.2, -0.15) is 0 Å². The van der Waals surface area contributed by atoms with Crippen LogP contribution in [-0.4, -0.2) is 42.1 Å². The lowest BCUT2D eigenvalue weighted by molar-refractivity contribution is -0.135. The van der Waals surface area contributed by atoms with Crippen LogP contribution in [0.4, 0.5) is 0 Å². The Hall–Kier alpha value is -2.38. The molecule has 0 saturated carbocycles. The van der Waals surface area contributed by atoms with Crippen molar-refractivity contribution >= 4 is 17.1 Å². The summed E-state index contributed by atoms with van der Waals surface area (Å²) in [5.74, 6) is -0.165. The number of imidazole rings is 1. The number of likely N-dealkylation sites (tertiary alicyclic amines) is 1. The van der Waals surface area contributed by atoms with Gasteiger partial charge in [0.15, 0.2) is 11.2 Å². The van der Waals surface area contributed by atoms with E-state index in [9.17, 15) is 14.4 Å². The molecule has 8 nitrogen and oxygen atoms in total. The smallest absolute Gasteiger partial charge is 0.332 e. The highest BCUT2D eigenvalue weighted by molar-refractivity contribution is 5.77. The first-order chi connectivity index (χ1) is 11.5. The lowest BCUT2D eigenvalue weighted by atomic mass is 10.00. The number of amides is 1. The largest absolute Gasteiger partial charge is 0.338 e. The van der Waals surface area contributed by atoms with E-state index in [2.05, 4.69) is 11.9 Å². The van der Waals surface area contributed by atoms with Gasteiger partial charge in [0, 0.05) is 26.7 Å². The number of hydrogen-bond donors (Lipinski definition) is 0. The van der Waals surface area contributed by atoms with Crippen LogP contribution in [0.5, 0.6) is 0 Å². The van der Waals surface area contributed by atoms with Gasteiger partial charge in [0.05, 0.1) is 6.33 Å². The third-order valence-corrected chi connectivity index (χ3v) is 4.91. The standard InChI is InChI=1S/C16H23N5O3/c1-4-11-7-5-6-8-20(11)12(22)9-21-15(23)13-14(17-10-18(13)2)19(3)16(21)24/h10-11H,4-9H2,1-3H3. The molecule has 1 aliphatic heterocycles. The minimum Gasteiger partial charge on any atom is -0.338 e. The fourth-order valence-electron chi connectivity index (χ4n) is 3.52. The second kappa shape index (κ2) is 6.26. The van der Waals surface area contributed by atoms with E-state index in [4.69, 9.17) is 0 Å². The molecule has 8 heteroatoms. The van der Waals surface area contributed by atoms with Gasteiger partial charge in [-0.1, -0.05) is 6.92 Å². The van der Waals surface area contributed by atoms with Crippen molar-refractivity contribution in [1.82, 2.24) is 23.6 Å². The Bertz CT molecular complexity index is 891. The number of hydrogen-bond acceptors (Lipinski definition) is 4. The number of carbonyl (C=O) groups is 1. The molecule has 2 aromatic heterocycles. The molecule has 0 N–H and O–H groups in total. The average Bonchev–Trinajstić information content (AvgIpc) is 2.98. The van der Waals surface area contributed by atoms with Crippen molar-refractivity contribution < 1.29 is 4.79 Å². The van der Waals surface area contributed by atoms with Gasteiger partial charge in [-0.3, -0.25) is 14.2 Å². The molecular formula is C16H23N5O3. The van der Waals surface area contributed by atoms with Crippen molar-refractivity contribution in [3.8, 4) is 0 Å². The van der Waals surface area contributed by atoms with E-state index < -0.39 is 11.2 Å². The Kier molecular flexibility index (Phi) is 4.29. The molecule has 0 bridgehead atoms. The number of aryl methyl sites for hydroxylation is 2. The van der Waals surface area contributed by atoms with Crippen LogP contribution in [0.3, 0.4) is 0 Å². The van der Waals surface area contributed by atoms with Crippen molar-refractivity contribution in [3.63, 3.8) is 0 Å². The summed E-state index contributed by atoms with van der Waals surface area (Å²) < 4.78 is 3.92. The van der Waals surface area contributed by atoms with E-state index in [1.165, 1.54) is 10.9 Å². The van der Waals surface area contributed by atoms with E-state index in [1.54, 1.807) is 18.7 Å². The highest BCUT2D eigenvalue weighted by atomic mass is 16.2. The van der Waals surface area contributed by atoms with Crippen molar-refractivity contribution in [2.75, 3.05) is 6.54 Å². The van der Waals surface area contributed by atoms with Gasteiger partial charge in [0.2, 0.25) is 5.91 Å². The Morgan fingerprint density at radius 1 is 1.29 bits per heavy atom. The molecule has 0 aliphatic carbocycles. The molecule has 1 fully saturated rings. The topological polar surface area (TPSA) is 82.1 Å². The van der Waals surface area contributed by atoms with Crippen molar-refractivity contribution in [3.05, 3.63) is 27.2 Å². The molecule has 1 saturated heterocycles. The summed E-state index contributed by atoms with van der Waals surface area (Å²) in [6.07, 6.45) is 5.45. The van der Waals surface area contributed by atoms with Crippen LogP contribution in [0.2, 0.25) is 0 Å². The second-order valence-corrected chi connectivity index (χ2v) is 6.41. The summed E-state index contributed by atoms with van der Waals surface area (Å²) in [6, 6.07) is 0.200. The molecule has 0 aromatic carbocycles. The van der Waals surface area contributed by atoms with E-state index in [0.29, 0.717) is 17.7 Å². The van der Waals surface area contributed by atoms with Gasteiger partial charge in [0.25, 0.3) is 5.56 Å². The Balaban J connectivity index is 2.01. The predicted octanol–water partition coefficient (Wildman–Crippen LogP) is 0.225. The van der Waals surface area contributed by atoms with E-state index in [-0.39, 0.29) is 18.5 Å². The zero-order chi connectivity index (χ0) is 17.4. The number of nitrogens with zero attached hydrogens (tertiary/aromatic N) is 5. The first-order valence-corrected chi connectivity index (χ1v) is 8.36. The maximum Gasteiger partial charge on any atom is 0.332 e. The maximum absolute atomic E-state index is 12.7. The predicted molar refractivity (Wildman–Crippen MR) is 89.9 cm³/mol. The molecule has 1 atom stereocenters. The average molecular weight is 333 g/mol. The second-order valence-electron chi connectivity index (χ2n) is 6.41. The first kappa shape index (κ1) is 16.5. The zero-order valence-electron chi connectivity index (χ0n) is 14.4. The van der Waals surface area contributed by atoms with Gasteiger partial charge < -0.3 is 9.47 Å². The van der Waals surface area contributed by atoms with Crippen LogP contribution in [0.1, 0.15) is 32.6 Å². The number of aromatic nitrogens is 4. The van der Waals surface area contributed by atoms with Gasteiger partial charge >= 0.3 is 5.69 Å². The van der Waals surface area contributed by atoms with Crippen LogP contribution in [0, 0.1) is 0 Å². The maximum atomic E-state index is 12.7. The molecule has 1 aliphatic rings. The summed E-state index contributed by atoms with van der Waals surface area (Å²) >= 11 is 0. The molecular weight excluding hydrogens is 310 g/mol. The van der Waals surface area contributed by atoms with Gasteiger partial charge in [-0.15, -0.1) is 0 Å². The Morgan fingerprint density at radius 2 is 2.04 bits per heavy atom. The fourth-order valence-corrected chi connectivity index (χ4v) is 3.52. The zero-order valence-corrected chi connectivity index (χ0v) is 14.4. The first-order valence-electron chi connectivity index (χ1n) is 8.36. The third kappa shape index (κ3) is 2.55. The normalized spacial score (nSPS) is 18.3. The van der Waals surface area contributed by atoms with E-state index in [0.717, 1.165) is 30.3 Å². The summed E-state index contributed by atoms with van der Waals surface area (Å²) in [7, 11) is 3.26. The number of rotatable bonds is 3. The molecule has 1 unspecified atom stereocenters. The summed E-state index contributed by atoms with van der Waals surface area (Å²) in [4.78, 5) is 43.8. The van der Waals surface area contributed by atoms with E-state index >= 15 is 0 Å². The monoisotopic (exact) mass is 333 g/mol. The van der Waals surface area contributed by atoms with Gasteiger partial charge in [-0.05, 0) is 25.7 Å². The molecule has 3 heterocycles. The minimum absolute atomic E-state index is 0.165. The van der Waals surface area contributed by atoms with Gasteiger partial charge in [-0.25, -0.2) is 14.3 Å². The third-order valence-electron chi connectivity index (χ3n) is 4.91. The fraction of sp³-hybridized carbons (Fsp3) is 0.625. The SMILES string of the molecule is CCC1CCCCN1C(=O)Cn1c(=O)c2c(ncn2C)n(C)c1=O. The Labute approximate surface area is 139 Å². The molecule has 0 spiro atoms. The van der Waals surface area contributed by atoms with Crippen LogP contribution in [0.25, 0.3) is 11.2 Å². The van der Waals surface area contributed by atoms with Crippen molar-refractivity contribution in [2.45, 2.75) is 45.2 Å². The summed E-state index contributed by atoms with van der Waals surface area (Å²) in [5, 5.41) is 0. The number of carbonyl (C=O) groups excluding carboxylic acids is 1. The highest BCUT2D eigenvalue weighted by Gasteiger charge is 2.26. The van der Waals surface area contributed by atoms with Crippen molar-refractivity contribution in [2.24, 2.45) is 14.1 Å². The van der Waals surface area contributed by atoms with Crippen LogP contribution >= 0.6 is 0 Å². The van der Waals surface area contributed by atoms with E-state index in [1.807, 2.05) is 4.90 Å². The van der Waals surface area contributed by atoms with Gasteiger partial charge in [0.1, 0.15) is 6.54 Å². The van der Waals surface area contributed by atoms with Crippen molar-refractivity contribution in [1.29, 1.82) is 0 Å². The molecule has 1 amide bonds. The minimum atomic E-state index is -0.510. The summed E-state index contributed by atoms with van der Waals surface area (Å²) in [6.45, 7) is 2.53. The Morgan fingerprint density at radius 3 is 2.75 bits per heavy atom. The quantitative estimate of drug-likeness (QED) is 0.805. The molecule has 3 rings (SSSR count). The lowest BCUT2D eigenvalue weighted by Crippen LogP contribution is -2.48. The van der Waals surface area contributed by atoms with Crippen LogP contribution in [-0.2, 0) is 25.4 Å².